The number of hydrogen-bond acceptors (Lipinski definition) is 6. The summed E-state index contributed by atoms with van der Waals surface area (Å²) in [4.78, 5) is 44.5. The van der Waals surface area contributed by atoms with E-state index in [-0.39, 0.29) is 29.3 Å². The summed E-state index contributed by atoms with van der Waals surface area (Å²) < 4.78 is 5.72. The third-order valence-corrected chi connectivity index (χ3v) is 6.97. The fourth-order valence-corrected chi connectivity index (χ4v) is 4.68. The number of Topliss-reactive ketones (excluding diaryl/α,β-unsaturated/α-hetero) is 2. The van der Waals surface area contributed by atoms with Crippen LogP contribution in [0.2, 0.25) is 0 Å². The van der Waals surface area contributed by atoms with E-state index in [1.165, 1.54) is 6.92 Å². The van der Waals surface area contributed by atoms with Crippen molar-refractivity contribution in [1.82, 2.24) is 0 Å². The predicted octanol–water partition coefficient (Wildman–Crippen LogP) is 6.45. The summed E-state index contributed by atoms with van der Waals surface area (Å²) in [6.07, 6.45) is 3.78. The van der Waals surface area contributed by atoms with Crippen LogP contribution in [-0.4, -0.2) is 35.5 Å². The maximum atomic E-state index is 12.4. The van der Waals surface area contributed by atoms with Gasteiger partial charge >= 0.3 is 5.97 Å². The van der Waals surface area contributed by atoms with Gasteiger partial charge in [-0.2, -0.15) is 0 Å². The van der Waals surface area contributed by atoms with Gasteiger partial charge in [0.05, 0.1) is 0 Å². The molecule has 2 aromatic carbocycles. The summed E-state index contributed by atoms with van der Waals surface area (Å²) in [7, 11) is 0. The quantitative estimate of drug-likeness (QED) is 0.236. The van der Waals surface area contributed by atoms with Gasteiger partial charge in [-0.25, -0.2) is 4.79 Å². The molecule has 0 aromatic heterocycles. The number of carboxylic acid groups (broad SMARTS) is 1. The minimum atomic E-state index is -1.03. The zero-order valence-electron chi connectivity index (χ0n) is 24.3. The van der Waals surface area contributed by atoms with Crippen LogP contribution >= 0.6 is 0 Å². The van der Waals surface area contributed by atoms with E-state index in [4.69, 9.17) is 9.53 Å². The Hall–Kier alpha value is -3.48. The Morgan fingerprint density at radius 1 is 1.08 bits per heavy atom. The number of carbonyl (C=O) groups is 4. The van der Waals surface area contributed by atoms with Crippen LogP contribution in [0.1, 0.15) is 77.0 Å². The third-order valence-electron chi connectivity index (χ3n) is 6.97. The second kappa shape index (κ2) is 17.9. The number of anilines is 1. The average molecular weight is 540 g/mol. The molecule has 2 N–H and O–H groups in total. The van der Waals surface area contributed by atoms with Crippen molar-refractivity contribution in [1.29, 1.82) is 0 Å². The lowest BCUT2D eigenvalue weighted by atomic mass is 9.76. The zero-order chi connectivity index (χ0) is 29.4. The van der Waals surface area contributed by atoms with E-state index in [0.717, 1.165) is 35.1 Å². The monoisotopic (exact) mass is 539 g/mol. The van der Waals surface area contributed by atoms with E-state index < -0.39 is 12.6 Å². The second-order valence-corrected chi connectivity index (χ2v) is 10.1. The van der Waals surface area contributed by atoms with Gasteiger partial charge in [0.25, 0.3) is 0 Å². The van der Waals surface area contributed by atoms with Gasteiger partial charge in [-0.1, -0.05) is 51.1 Å². The number of rotatable bonds is 16. The van der Waals surface area contributed by atoms with Crippen molar-refractivity contribution >= 4 is 29.5 Å². The first-order valence-corrected chi connectivity index (χ1v) is 13.7. The lowest BCUT2D eigenvalue weighted by molar-refractivity contribution is -0.139. The van der Waals surface area contributed by atoms with Crippen molar-refractivity contribution in [2.45, 2.75) is 80.2 Å². The predicted molar refractivity (Wildman–Crippen MR) is 155 cm³/mol. The van der Waals surface area contributed by atoms with E-state index >= 15 is 0 Å². The van der Waals surface area contributed by atoms with Gasteiger partial charge in [-0.3, -0.25) is 9.59 Å². The van der Waals surface area contributed by atoms with Crippen LogP contribution in [0.5, 0.6) is 5.75 Å². The molecule has 2 rings (SSSR count). The fourth-order valence-electron chi connectivity index (χ4n) is 4.68. The van der Waals surface area contributed by atoms with Gasteiger partial charge in [-0.05, 0) is 74.6 Å². The molecule has 0 aliphatic heterocycles. The molecule has 0 aliphatic carbocycles. The largest absolute Gasteiger partial charge is 0.482 e. The molecule has 0 amide bonds. The van der Waals surface area contributed by atoms with Crippen molar-refractivity contribution in [2.24, 2.45) is 17.8 Å². The average Bonchev–Trinajstić information content (AvgIpc) is 2.88. The molecule has 39 heavy (non-hydrogen) atoms. The molecule has 0 saturated carbocycles. The lowest BCUT2D eigenvalue weighted by Crippen LogP contribution is -2.27. The molecule has 7 nitrogen and oxygen atoms in total. The number of carboxylic acids is 1. The highest BCUT2D eigenvalue weighted by Crippen LogP contribution is 2.34. The summed E-state index contributed by atoms with van der Waals surface area (Å²) in [5.41, 5.74) is 3.95. The van der Waals surface area contributed by atoms with E-state index in [1.807, 2.05) is 50.2 Å². The first-order chi connectivity index (χ1) is 18.5. The molecule has 0 saturated heterocycles. The molecule has 0 spiro atoms. The molecule has 0 aliphatic rings. The number of nitrogens with one attached hydrogen (secondary N) is 1. The lowest BCUT2D eigenvalue weighted by Gasteiger charge is -2.28. The number of aryl methyl sites for hydroxylation is 1. The summed E-state index contributed by atoms with van der Waals surface area (Å²) in [6, 6.07) is 13.9. The summed E-state index contributed by atoms with van der Waals surface area (Å²) in [5.74, 6) is -0.147. The second-order valence-electron chi connectivity index (χ2n) is 10.1. The molecule has 3 unspecified atom stereocenters. The molecule has 2 aromatic rings. The smallest absolute Gasteiger partial charge is 0.341 e. The van der Waals surface area contributed by atoms with Crippen molar-refractivity contribution in [2.75, 3.05) is 11.9 Å². The van der Waals surface area contributed by atoms with E-state index in [1.54, 1.807) is 6.92 Å². The maximum Gasteiger partial charge on any atom is 0.341 e. The number of aldehydes is 1. The Kier molecular flexibility index (Phi) is 15.4. The highest BCUT2D eigenvalue weighted by Gasteiger charge is 2.28. The number of aliphatic carboxylic acids is 1. The van der Waals surface area contributed by atoms with Crippen molar-refractivity contribution in [3.63, 3.8) is 0 Å². The number of hydrogen-bond donors (Lipinski definition) is 2. The standard InChI is InChI=1S/C30H41NO5.C2H4O/c1-6-10-26(33)13-14-27(23(5)32)22(4)20(2)16-28-21(3)15-25(17-29(28)36-19-30(34)35)31-18-24-11-8-7-9-12-24;1-2-3/h7-9,11-12,15,17,20,22,27,31H,6,10,13-14,16,18-19H2,1-5H3,(H,34,35);2H,1H3. The summed E-state index contributed by atoms with van der Waals surface area (Å²) in [5, 5.41) is 12.6. The minimum Gasteiger partial charge on any atom is -0.482 e. The van der Waals surface area contributed by atoms with Gasteiger partial charge in [0.1, 0.15) is 23.6 Å². The number of ketones is 2. The van der Waals surface area contributed by atoms with Crippen LogP contribution in [0.3, 0.4) is 0 Å². The summed E-state index contributed by atoms with van der Waals surface area (Å²) in [6.45, 7) is 11.4. The van der Waals surface area contributed by atoms with Crippen LogP contribution < -0.4 is 10.1 Å². The molecule has 214 valence electrons. The topological polar surface area (TPSA) is 110 Å². The molecule has 3 atom stereocenters. The molecule has 0 fully saturated rings. The van der Waals surface area contributed by atoms with Crippen LogP contribution in [-0.2, 0) is 32.1 Å². The van der Waals surface area contributed by atoms with Crippen LogP contribution in [0.25, 0.3) is 0 Å². The van der Waals surface area contributed by atoms with Gasteiger partial charge < -0.3 is 20.0 Å². The maximum absolute atomic E-state index is 12.4. The minimum absolute atomic E-state index is 0.0690. The Morgan fingerprint density at radius 2 is 1.72 bits per heavy atom. The Morgan fingerprint density at radius 3 is 2.28 bits per heavy atom. The number of carbonyl (C=O) groups excluding carboxylic acids is 3. The highest BCUT2D eigenvalue weighted by atomic mass is 16.5. The van der Waals surface area contributed by atoms with E-state index in [9.17, 15) is 19.5 Å². The van der Waals surface area contributed by atoms with Gasteiger partial charge in [0.2, 0.25) is 0 Å². The van der Waals surface area contributed by atoms with Crippen LogP contribution in [0.4, 0.5) is 5.69 Å². The first kappa shape index (κ1) is 33.5. The highest BCUT2D eigenvalue weighted by molar-refractivity contribution is 5.81. The summed E-state index contributed by atoms with van der Waals surface area (Å²) >= 11 is 0. The number of benzene rings is 2. The normalized spacial score (nSPS) is 12.8. The molecular weight excluding hydrogens is 494 g/mol. The molecule has 0 bridgehead atoms. The van der Waals surface area contributed by atoms with Crippen molar-refractivity contribution in [3.05, 3.63) is 59.2 Å². The SMILES string of the molecule is CC=O.CCCC(=O)CCC(C(C)=O)C(C)C(C)Cc1c(C)cc(NCc2ccccc2)cc1OCC(=O)O. The van der Waals surface area contributed by atoms with Crippen molar-refractivity contribution < 1.29 is 29.0 Å². The Labute approximate surface area is 233 Å². The molecule has 0 heterocycles. The Bertz CT molecular complexity index is 1070. The molecule has 0 radical (unpaired) electrons. The van der Waals surface area contributed by atoms with Gasteiger partial charge in [-0.15, -0.1) is 0 Å². The van der Waals surface area contributed by atoms with Crippen molar-refractivity contribution in [3.8, 4) is 5.75 Å². The third kappa shape index (κ3) is 12.3. The Balaban J connectivity index is 0.00000242. The van der Waals surface area contributed by atoms with E-state index in [2.05, 4.69) is 25.2 Å². The van der Waals surface area contributed by atoms with E-state index in [0.29, 0.717) is 38.0 Å². The van der Waals surface area contributed by atoms with Crippen LogP contribution in [0.15, 0.2) is 42.5 Å². The molecule has 7 heteroatoms. The van der Waals surface area contributed by atoms with Gasteiger partial charge in [0, 0.05) is 37.1 Å². The fraction of sp³-hybridized carbons (Fsp3) is 0.500. The van der Waals surface area contributed by atoms with Gasteiger partial charge in [0.15, 0.2) is 6.61 Å². The zero-order valence-corrected chi connectivity index (χ0v) is 24.3. The molecular formula is C32H45NO6. The van der Waals surface area contributed by atoms with Crippen LogP contribution in [0, 0.1) is 24.7 Å². The first-order valence-electron chi connectivity index (χ1n) is 13.7. The number of ether oxygens (including phenoxy) is 1.